The predicted molar refractivity (Wildman–Crippen MR) is 140 cm³/mol. The summed E-state index contributed by atoms with van der Waals surface area (Å²) in [6.45, 7) is 11.7. The molecule has 1 aromatic heterocycles. The Hall–Kier alpha value is 0.0938. The first kappa shape index (κ1) is 27.1. The summed E-state index contributed by atoms with van der Waals surface area (Å²) in [5.41, 5.74) is 0. The molecule has 0 saturated carbocycles. The van der Waals surface area contributed by atoms with Crippen molar-refractivity contribution in [1.29, 1.82) is 0 Å². The van der Waals surface area contributed by atoms with E-state index in [-0.39, 0.29) is 0 Å². The maximum atomic E-state index is 6.26. The van der Waals surface area contributed by atoms with Gasteiger partial charge in [0.1, 0.15) is 0 Å². The first-order chi connectivity index (χ1) is 13.9. The molecule has 0 amide bonds. The smallest absolute Gasteiger partial charge is 0.173 e. The van der Waals surface area contributed by atoms with Crippen molar-refractivity contribution in [2.24, 2.45) is 0 Å². The summed E-state index contributed by atoms with van der Waals surface area (Å²) in [5.74, 6) is 0. The second-order valence-corrected chi connectivity index (χ2v) is 18.1. The van der Waals surface area contributed by atoms with E-state index >= 15 is 0 Å². The van der Waals surface area contributed by atoms with Gasteiger partial charge in [-0.3, -0.25) is 0 Å². The van der Waals surface area contributed by atoms with E-state index in [0.717, 1.165) is 0 Å². The van der Waals surface area contributed by atoms with Crippen LogP contribution in [0.25, 0.3) is 0 Å². The summed E-state index contributed by atoms with van der Waals surface area (Å²) in [6.07, 6.45) is 20.9. The van der Waals surface area contributed by atoms with Gasteiger partial charge in [0.15, 0.2) is 17.4 Å². The topological polar surface area (TPSA) is 9.23 Å². The van der Waals surface area contributed by atoms with Crippen LogP contribution in [0.15, 0.2) is 12.1 Å². The average molecular weight is 455 g/mol. The van der Waals surface area contributed by atoms with Crippen molar-refractivity contribution >= 4 is 28.7 Å². The molecule has 0 aliphatic heterocycles. The van der Waals surface area contributed by atoms with E-state index in [1.54, 1.807) is 9.75 Å². The van der Waals surface area contributed by atoms with Crippen molar-refractivity contribution in [3.63, 3.8) is 0 Å². The van der Waals surface area contributed by atoms with E-state index in [4.69, 9.17) is 4.12 Å². The minimum absolute atomic E-state index is 0.844. The van der Waals surface area contributed by atoms with Gasteiger partial charge in [-0.15, -0.1) is 11.3 Å². The Morgan fingerprint density at radius 1 is 0.724 bits per heavy atom. The lowest BCUT2D eigenvalue weighted by Crippen LogP contribution is -2.34. The normalized spacial score (nSPS) is 12.2. The molecule has 0 fully saturated rings. The summed E-state index contributed by atoms with van der Waals surface area (Å²) >= 11 is 2.07. The highest BCUT2D eigenvalue weighted by Crippen LogP contribution is 2.22. The zero-order valence-corrected chi connectivity index (χ0v) is 23.3. The third kappa shape index (κ3) is 15.5. The van der Waals surface area contributed by atoms with Crippen molar-refractivity contribution in [3.05, 3.63) is 21.9 Å². The number of hydrogen-bond acceptors (Lipinski definition) is 2. The second-order valence-electron chi connectivity index (χ2n) is 9.79. The fourth-order valence-corrected chi connectivity index (χ4v) is 12.0. The maximum Gasteiger partial charge on any atom is 0.173 e. The predicted octanol–water partition coefficient (Wildman–Crippen LogP) is 9.13. The Balaban J connectivity index is 1.91. The number of hydrogen-bond donors (Lipinski definition) is 0. The van der Waals surface area contributed by atoms with Crippen LogP contribution in [0, 0.1) is 0 Å². The molecule has 0 saturated heterocycles. The number of unbranched alkanes of at least 4 members (excludes halogenated alkanes) is 11. The first-order valence-electron chi connectivity index (χ1n) is 12.7. The Morgan fingerprint density at radius 3 is 1.66 bits per heavy atom. The Morgan fingerprint density at radius 2 is 1.17 bits per heavy atom. The van der Waals surface area contributed by atoms with Crippen molar-refractivity contribution in [1.82, 2.24) is 0 Å². The fraction of sp³-hybridized carbons (Fsp3) is 0.840. The van der Waals surface area contributed by atoms with Crippen LogP contribution >= 0.6 is 11.3 Å². The molecule has 4 heteroatoms. The van der Waals surface area contributed by atoms with E-state index in [9.17, 15) is 0 Å². The molecule has 0 unspecified atom stereocenters. The zero-order valence-electron chi connectivity index (χ0n) is 20.4. The minimum atomic E-state index is -1.33. The number of rotatable bonds is 19. The molecule has 1 nitrogen and oxygen atoms in total. The van der Waals surface area contributed by atoms with Crippen molar-refractivity contribution in [2.45, 2.75) is 135 Å². The summed E-state index contributed by atoms with van der Waals surface area (Å²) in [7, 11) is -2.18. The monoisotopic (exact) mass is 454 g/mol. The molecule has 0 radical (unpaired) electrons. The van der Waals surface area contributed by atoms with Gasteiger partial charge >= 0.3 is 0 Å². The summed E-state index contributed by atoms with van der Waals surface area (Å²) < 4.78 is 6.26. The van der Waals surface area contributed by atoms with Crippen LogP contribution < -0.4 is 0 Å². The molecular formula is C25H50OSSi2. The molecule has 1 rings (SSSR count). The van der Waals surface area contributed by atoms with Crippen LogP contribution in [0.2, 0.25) is 32.2 Å². The SMILES string of the molecule is CCCCCCc1ccc(CCCCCCCCCCC[Si](C)(C)O[SiH](C)C)s1. The summed E-state index contributed by atoms with van der Waals surface area (Å²) in [5, 5.41) is 0. The van der Waals surface area contributed by atoms with Gasteiger partial charge in [-0.2, -0.15) is 0 Å². The molecule has 170 valence electrons. The molecule has 0 atom stereocenters. The highest BCUT2D eigenvalue weighted by atomic mass is 32.1. The lowest BCUT2D eigenvalue weighted by Gasteiger charge is -2.25. The Labute approximate surface area is 189 Å². The van der Waals surface area contributed by atoms with E-state index in [2.05, 4.69) is 56.6 Å². The molecule has 0 aliphatic rings. The van der Waals surface area contributed by atoms with E-state index in [1.165, 1.54) is 102 Å². The molecule has 0 bridgehead atoms. The van der Waals surface area contributed by atoms with Crippen molar-refractivity contribution in [3.8, 4) is 0 Å². The van der Waals surface area contributed by atoms with E-state index in [0.29, 0.717) is 0 Å². The quantitative estimate of drug-likeness (QED) is 0.149. The summed E-state index contributed by atoms with van der Waals surface area (Å²) in [6, 6.07) is 6.13. The van der Waals surface area contributed by atoms with Gasteiger partial charge in [-0.1, -0.05) is 77.6 Å². The molecule has 0 aliphatic carbocycles. The largest absolute Gasteiger partial charge is 0.458 e. The highest BCUT2D eigenvalue weighted by molar-refractivity contribution is 7.11. The molecule has 0 N–H and O–H groups in total. The van der Waals surface area contributed by atoms with E-state index < -0.39 is 17.4 Å². The van der Waals surface area contributed by atoms with Crippen LogP contribution in [0.5, 0.6) is 0 Å². The highest BCUT2D eigenvalue weighted by Gasteiger charge is 2.22. The van der Waals surface area contributed by atoms with Gasteiger partial charge in [0.05, 0.1) is 0 Å². The molecule has 1 heterocycles. The standard InChI is InChI=1S/C25H50OSSi2/c1-6-7-8-16-19-24-21-22-25(27-24)20-17-14-12-10-9-11-13-15-18-23-29(4,5)26-28(2)3/h21-22,28H,6-20,23H2,1-5H3. The van der Waals surface area contributed by atoms with Crippen molar-refractivity contribution in [2.75, 3.05) is 0 Å². The van der Waals surface area contributed by atoms with Gasteiger partial charge in [-0.25, -0.2) is 0 Å². The van der Waals surface area contributed by atoms with Crippen LogP contribution in [0.1, 0.15) is 100 Å². The van der Waals surface area contributed by atoms with Gasteiger partial charge < -0.3 is 4.12 Å². The Bertz CT molecular complexity index is 499. The molecule has 0 spiro atoms. The third-order valence-electron chi connectivity index (χ3n) is 5.75. The van der Waals surface area contributed by atoms with Gasteiger partial charge in [0.2, 0.25) is 0 Å². The minimum Gasteiger partial charge on any atom is -0.458 e. The first-order valence-corrected chi connectivity index (χ1v) is 19.4. The average Bonchev–Trinajstić information content (AvgIpc) is 3.10. The second kappa shape index (κ2) is 16.7. The van der Waals surface area contributed by atoms with Crippen LogP contribution in [0.3, 0.4) is 0 Å². The van der Waals surface area contributed by atoms with Crippen LogP contribution in [-0.4, -0.2) is 17.4 Å². The van der Waals surface area contributed by atoms with Gasteiger partial charge in [-0.05, 0) is 70.0 Å². The van der Waals surface area contributed by atoms with E-state index in [1.807, 2.05) is 0 Å². The molecule has 1 aromatic rings. The summed E-state index contributed by atoms with van der Waals surface area (Å²) in [4.78, 5) is 3.23. The third-order valence-corrected chi connectivity index (χ3v) is 13.0. The lowest BCUT2D eigenvalue weighted by atomic mass is 10.1. The van der Waals surface area contributed by atoms with Crippen LogP contribution in [0.4, 0.5) is 0 Å². The fourth-order valence-electron chi connectivity index (χ4n) is 4.20. The maximum absolute atomic E-state index is 6.26. The number of aryl methyl sites for hydroxylation is 2. The van der Waals surface area contributed by atoms with Crippen molar-refractivity contribution < 1.29 is 4.12 Å². The van der Waals surface area contributed by atoms with Gasteiger partial charge in [0, 0.05) is 9.75 Å². The molecular weight excluding hydrogens is 405 g/mol. The van der Waals surface area contributed by atoms with Crippen LogP contribution in [-0.2, 0) is 17.0 Å². The molecule has 29 heavy (non-hydrogen) atoms. The molecule has 0 aromatic carbocycles. The number of thiophene rings is 1. The lowest BCUT2D eigenvalue weighted by molar-refractivity contribution is 0.545. The van der Waals surface area contributed by atoms with Gasteiger partial charge in [0.25, 0.3) is 0 Å². The Kier molecular flexibility index (Phi) is 15.7. The zero-order chi connectivity index (χ0) is 21.4.